The van der Waals surface area contributed by atoms with E-state index in [1.54, 1.807) is 18.2 Å². The second-order valence-electron chi connectivity index (χ2n) is 10.7. The molecule has 46 heavy (non-hydrogen) atoms. The van der Waals surface area contributed by atoms with Gasteiger partial charge in [-0.2, -0.15) is 18.2 Å². The number of piperazine rings is 1. The number of benzene rings is 3. The Morgan fingerprint density at radius 2 is 1.80 bits per heavy atom. The van der Waals surface area contributed by atoms with Gasteiger partial charge in [-0.15, -0.1) is 0 Å². The number of hydrogen-bond donors (Lipinski definition) is 2. The highest BCUT2D eigenvalue weighted by molar-refractivity contribution is 7.90. The maximum atomic E-state index is 15.1. The minimum atomic E-state index is -4.67. The molecule has 5 aromatic rings. The van der Waals surface area contributed by atoms with Crippen molar-refractivity contribution in [1.29, 1.82) is 0 Å². The Kier molecular flexibility index (Phi) is 8.92. The molecule has 0 amide bonds. The quantitative estimate of drug-likeness (QED) is 0.157. The van der Waals surface area contributed by atoms with Crippen LogP contribution in [0.5, 0.6) is 0 Å². The first-order valence-electron chi connectivity index (χ1n) is 14.2. The number of nitrogens with one attached hydrogen (secondary N) is 2. The van der Waals surface area contributed by atoms with E-state index in [-0.39, 0.29) is 33.3 Å². The van der Waals surface area contributed by atoms with Gasteiger partial charge in [-0.1, -0.05) is 29.8 Å². The van der Waals surface area contributed by atoms with Crippen molar-refractivity contribution < 1.29 is 22.1 Å². The highest BCUT2D eigenvalue weighted by atomic mass is 35.5. The summed E-state index contributed by atoms with van der Waals surface area (Å²) in [6.45, 7) is 2.36. The summed E-state index contributed by atoms with van der Waals surface area (Å²) in [6.07, 6.45) is -1.77. The molecule has 1 saturated heterocycles. The predicted octanol–water partition coefficient (Wildman–Crippen LogP) is 6.21. The Labute approximate surface area is 269 Å². The third-order valence-corrected chi connectivity index (χ3v) is 8.95. The van der Waals surface area contributed by atoms with Gasteiger partial charge in [0.2, 0.25) is 5.95 Å². The summed E-state index contributed by atoms with van der Waals surface area (Å²) in [4.78, 5) is 25.3. The molecule has 3 aromatic carbocycles. The Morgan fingerprint density at radius 3 is 2.52 bits per heavy atom. The number of fused-ring (bicyclic) bond motifs is 1. The van der Waals surface area contributed by atoms with E-state index in [2.05, 4.69) is 20.6 Å². The van der Waals surface area contributed by atoms with Crippen LogP contribution in [-0.4, -0.2) is 51.5 Å². The van der Waals surface area contributed by atoms with Crippen molar-refractivity contribution in [2.24, 2.45) is 0 Å². The SMILES string of the molecule is C[S+]([O-])c1ccc(Cl)c(-c2cc3cnc(Nc4ccc(N5CCNCC5)c(F)c4)nc3n(Cc3ccccc3C(F)(F)F)c2=O)c1. The monoisotopic (exact) mass is 670 g/mol. The number of pyridine rings is 1. The van der Waals surface area contributed by atoms with Gasteiger partial charge in [0.05, 0.1) is 17.8 Å². The van der Waals surface area contributed by atoms with Crippen molar-refractivity contribution in [2.75, 3.05) is 42.7 Å². The highest BCUT2D eigenvalue weighted by Gasteiger charge is 2.33. The normalized spacial score (nSPS) is 14.5. The Morgan fingerprint density at radius 1 is 1.04 bits per heavy atom. The Hall–Kier alpha value is -4.17. The van der Waals surface area contributed by atoms with Crippen LogP contribution in [0.2, 0.25) is 5.02 Å². The third kappa shape index (κ3) is 6.54. The molecule has 6 rings (SSSR count). The smallest absolute Gasteiger partial charge is 0.416 e. The van der Waals surface area contributed by atoms with E-state index in [9.17, 15) is 22.5 Å². The van der Waals surface area contributed by atoms with E-state index >= 15 is 4.39 Å². The maximum absolute atomic E-state index is 15.1. The van der Waals surface area contributed by atoms with E-state index in [0.717, 1.165) is 23.7 Å². The molecular weight excluding hydrogens is 644 g/mol. The zero-order chi connectivity index (χ0) is 32.6. The highest BCUT2D eigenvalue weighted by Crippen LogP contribution is 2.34. The Balaban J connectivity index is 1.46. The van der Waals surface area contributed by atoms with Gasteiger partial charge in [0.25, 0.3) is 5.56 Å². The molecule has 1 aliphatic rings. The fourth-order valence-electron chi connectivity index (χ4n) is 5.43. The van der Waals surface area contributed by atoms with Crippen LogP contribution >= 0.6 is 11.6 Å². The van der Waals surface area contributed by atoms with E-state index in [0.29, 0.717) is 34.7 Å². The molecule has 2 N–H and O–H groups in total. The standard InChI is InChI=1S/C32H27ClF4N6O2S/c1-46(45)22-7-8-26(33)23(16-22)24-14-20-17-39-31(40-21-6-9-28(27(34)15-21)42-12-10-38-11-13-42)41-29(20)43(30(24)44)18-19-4-2-3-5-25(19)32(35,36)37/h2-9,14-17,38H,10-13,18H2,1H3,(H,39,40,41). The molecule has 0 spiro atoms. The zero-order valence-corrected chi connectivity index (χ0v) is 25.9. The summed E-state index contributed by atoms with van der Waals surface area (Å²) in [6, 6.07) is 15.7. The summed E-state index contributed by atoms with van der Waals surface area (Å²) < 4.78 is 70.3. The van der Waals surface area contributed by atoms with Crippen LogP contribution in [0.25, 0.3) is 22.2 Å². The van der Waals surface area contributed by atoms with Crippen LogP contribution in [0, 0.1) is 5.82 Å². The van der Waals surface area contributed by atoms with Crippen LogP contribution in [0.3, 0.4) is 0 Å². The average Bonchev–Trinajstić information content (AvgIpc) is 3.03. The van der Waals surface area contributed by atoms with Crippen molar-refractivity contribution >= 4 is 51.1 Å². The average molecular weight is 671 g/mol. The van der Waals surface area contributed by atoms with Gasteiger partial charge in [-0.05, 0) is 59.2 Å². The largest absolute Gasteiger partial charge is 0.612 e. The number of nitrogens with zero attached hydrogens (tertiary/aromatic N) is 4. The minimum Gasteiger partial charge on any atom is -0.612 e. The summed E-state index contributed by atoms with van der Waals surface area (Å²) in [5, 5.41) is 6.70. The maximum Gasteiger partial charge on any atom is 0.416 e. The van der Waals surface area contributed by atoms with Gasteiger partial charge in [0.15, 0.2) is 4.90 Å². The zero-order valence-electron chi connectivity index (χ0n) is 24.4. The molecule has 3 heterocycles. The van der Waals surface area contributed by atoms with E-state index in [1.165, 1.54) is 54.9 Å². The predicted molar refractivity (Wildman–Crippen MR) is 172 cm³/mol. The molecule has 238 valence electrons. The van der Waals surface area contributed by atoms with Crippen LogP contribution in [0.15, 0.2) is 82.6 Å². The first-order valence-corrected chi connectivity index (χ1v) is 16.1. The molecule has 1 aliphatic heterocycles. The minimum absolute atomic E-state index is 0.00763. The molecule has 1 fully saturated rings. The number of alkyl halides is 3. The van der Waals surface area contributed by atoms with Gasteiger partial charge >= 0.3 is 6.18 Å². The fourth-order valence-corrected chi connectivity index (χ4v) is 6.19. The van der Waals surface area contributed by atoms with Gasteiger partial charge < -0.3 is 20.1 Å². The number of rotatable bonds is 7. The molecule has 0 bridgehead atoms. The van der Waals surface area contributed by atoms with Crippen LogP contribution in [0.4, 0.5) is 34.9 Å². The van der Waals surface area contributed by atoms with Crippen molar-refractivity contribution in [1.82, 2.24) is 19.9 Å². The molecule has 1 atom stereocenters. The first kappa shape index (κ1) is 31.8. The molecule has 0 radical (unpaired) electrons. The lowest BCUT2D eigenvalue weighted by atomic mass is 10.0. The lowest BCUT2D eigenvalue weighted by Crippen LogP contribution is -2.43. The number of anilines is 3. The van der Waals surface area contributed by atoms with Crippen molar-refractivity contribution in [3.05, 3.63) is 105 Å². The topological polar surface area (TPSA) is 98.1 Å². The Bertz CT molecular complexity index is 1980. The molecule has 14 heteroatoms. The summed E-state index contributed by atoms with van der Waals surface area (Å²) in [5.74, 6) is -0.432. The van der Waals surface area contributed by atoms with Gasteiger partial charge in [0, 0.05) is 65.7 Å². The summed E-state index contributed by atoms with van der Waals surface area (Å²) in [5.41, 5.74) is -0.511. The van der Waals surface area contributed by atoms with Gasteiger partial charge in [0.1, 0.15) is 17.7 Å². The molecule has 0 aliphatic carbocycles. The number of halogens is 5. The van der Waals surface area contributed by atoms with Crippen molar-refractivity contribution in [2.45, 2.75) is 17.6 Å². The number of aromatic nitrogens is 3. The van der Waals surface area contributed by atoms with Crippen LogP contribution in [0.1, 0.15) is 11.1 Å². The van der Waals surface area contributed by atoms with Crippen LogP contribution < -0.4 is 21.1 Å². The van der Waals surface area contributed by atoms with Gasteiger partial charge in [-0.25, -0.2) is 9.37 Å². The lowest BCUT2D eigenvalue weighted by molar-refractivity contribution is -0.138. The molecule has 2 aromatic heterocycles. The molecule has 0 saturated carbocycles. The second kappa shape index (κ2) is 12.9. The second-order valence-corrected chi connectivity index (χ2v) is 12.5. The molecule has 1 unspecified atom stereocenters. The van der Waals surface area contributed by atoms with Crippen molar-refractivity contribution in [3.8, 4) is 11.1 Å². The fraction of sp³-hybridized carbons (Fsp3) is 0.219. The molecule has 8 nitrogen and oxygen atoms in total. The third-order valence-electron chi connectivity index (χ3n) is 7.70. The van der Waals surface area contributed by atoms with E-state index in [4.69, 9.17) is 11.6 Å². The number of hydrogen-bond acceptors (Lipinski definition) is 7. The first-order chi connectivity index (χ1) is 22.0. The summed E-state index contributed by atoms with van der Waals surface area (Å²) >= 11 is 5.08. The van der Waals surface area contributed by atoms with E-state index in [1.807, 2.05) is 4.90 Å². The lowest BCUT2D eigenvalue weighted by Gasteiger charge is -2.29. The molecular formula is C32H27ClF4N6O2S. The van der Waals surface area contributed by atoms with Gasteiger partial charge in [-0.3, -0.25) is 9.36 Å². The van der Waals surface area contributed by atoms with Crippen molar-refractivity contribution in [3.63, 3.8) is 0 Å². The van der Waals surface area contributed by atoms with Crippen LogP contribution in [-0.2, 0) is 23.9 Å². The summed E-state index contributed by atoms with van der Waals surface area (Å²) in [7, 11) is 0. The van der Waals surface area contributed by atoms with E-state index < -0.39 is 40.8 Å².